The first-order chi connectivity index (χ1) is 20.4. The minimum atomic E-state index is -4.19. The largest absolute Gasteiger partial charge is 1.00 e. The molecular formula is C29H54N6NaO6P. The summed E-state index contributed by atoms with van der Waals surface area (Å²) in [5, 5.41) is 0. The summed E-state index contributed by atoms with van der Waals surface area (Å²) in [6, 6.07) is 0. The number of hydrogen-bond acceptors (Lipinski definition) is 11. The van der Waals surface area contributed by atoms with Gasteiger partial charge >= 0.3 is 29.6 Å². The van der Waals surface area contributed by atoms with Gasteiger partial charge in [-0.1, -0.05) is 90.4 Å². The van der Waals surface area contributed by atoms with Gasteiger partial charge in [0, 0.05) is 20.3 Å². The number of unbranched alkanes of at least 4 members (excludes halogenated alkanes) is 13. The van der Waals surface area contributed by atoms with Gasteiger partial charge in [0.15, 0.2) is 19.1 Å². The maximum Gasteiger partial charge on any atom is 1.00 e. The van der Waals surface area contributed by atoms with Crippen LogP contribution in [0, 0.1) is 0 Å². The number of nitrogens with zero attached hydrogens (tertiary/aromatic N) is 4. The van der Waals surface area contributed by atoms with E-state index in [1.165, 1.54) is 96.9 Å². The summed E-state index contributed by atoms with van der Waals surface area (Å²) in [7, 11) is -2.68. The number of nitrogens with two attached hydrogens (primary N) is 2. The van der Waals surface area contributed by atoms with Crippen LogP contribution in [-0.4, -0.2) is 65.5 Å². The van der Waals surface area contributed by atoms with Crippen molar-refractivity contribution in [1.29, 1.82) is 0 Å². The molecule has 0 bridgehead atoms. The molecule has 2 aromatic rings. The topological polar surface area (TPSA) is 173 Å². The normalized spacial score (nSPS) is 13.7. The van der Waals surface area contributed by atoms with Gasteiger partial charge in [-0.15, -0.1) is 0 Å². The Bertz CT molecular complexity index is 1030. The molecule has 0 saturated carbocycles. The average molecular weight is 637 g/mol. The van der Waals surface area contributed by atoms with E-state index >= 15 is 0 Å². The Labute approximate surface area is 280 Å². The number of nitrogen functional groups attached to an aromatic ring is 2. The number of rotatable bonds is 27. The van der Waals surface area contributed by atoms with Gasteiger partial charge in [-0.2, -0.15) is 9.97 Å². The van der Waals surface area contributed by atoms with Crippen molar-refractivity contribution in [1.82, 2.24) is 19.5 Å². The molecule has 0 aliphatic carbocycles. The molecule has 4 N–H and O–H groups in total. The Morgan fingerprint density at radius 3 is 2.07 bits per heavy atom. The molecule has 0 spiro atoms. The van der Waals surface area contributed by atoms with Crippen LogP contribution < -0.4 is 45.9 Å². The van der Waals surface area contributed by atoms with Crippen molar-refractivity contribution >= 4 is 30.5 Å². The fourth-order valence-electron chi connectivity index (χ4n) is 4.78. The van der Waals surface area contributed by atoms with Crippen molar-refractivity contribution in [2.24, 2.45) is 0 Å². The van der Waals surface area contributed by atoms with Gasteiger partial charge in [0.25, 0.3) is 0 Å². The molecule has 2 atom stereocenters. The average Bonchev–Trinajstić information content (AvgIpc) is 3.35. The third kappa shape index (κ3) is 18.0. The molecular weight excluding hydrogens is 582 g/mol. The predicted octanol–water partition coefficient (Wildman–Crippen LogP) is 2.44. The first-order valence-electron chi connectivity index (χ1n) is 15.7. The molecule has 0 radical (unpaired) electrons. The number of imidazole rings is 1. The van der Waals surface area contributed by atoms with E-state index in [4.69, 9.17) is 30.2 Å². The molecule has 43 heavy (non-hydrogen) atoms. The molecule has 242 valence electrons. The van der Waals surface area contributed by atoms with E-state index in [1.54, 1.807) is 4.57 Å². The predicted molar refractivity (Wildman–Crippen MR) is 165 cm³/mol. The zero-order valence-corrected chi connectivity index (χ0v) is 29.7. The Hall–Kier alpha value is -0.820. The summed E-state index contributed by atoms with van der Waals surface area (Å²) in [6.45, 7) is 3.86. The van der Waals surface area contributed by atoms with Crippen LogP contribution in [0.3, 0.4) is 0 Å². The summed E-state index contributed by atoms with van der Waals surface area (Å²) in [6.07, 6.45) is 19.4. The van der Waals surface area contributed by atoms with Gasteiger partial charge in [-0.25, -0.2) is 4.98 Å². The van der Waals surface area contributed by atoms with Crippen LogP contribution in [0.5, 0.6) is 0 Å². The third-order valence-electron chi connectivity index (χ3n) is 7.09. The van der Waals surface area contributed by atoms with Crippen molar-refractivity contribution in [3.05, 3.63) is 6.33 Å². The summed E-state index contributed by atoms with van der Waals surface area (Å²) < 4.78 is 35.6. The van der Waals surface area contributed by atoms with Crippen molar-refractivity contribution in [2.45, 2.75) is 116 Å². The molecule has 0 aromatic carbocycles. The van der Waals surface area contributed by atoms with Gasteiger partial charge in [0.05, 0.1) is 32.2 Å². The van der Waals surface area contributed by atoms with Crippen LogP contribution in [0.1, 0.15) is 103 Å². The monoisotopic (exact) mass is 636 g/mol. The number of ether oxygens (including phenoxy) is 3. The molecule has 0 aliphatic rings. The quantitative estimate of drug-likeness (QED) is 0.0838. The van der Waals surface area contributed by atoms with Crippen LogP contribution in [-0.2, 0) is 29.8 Å². The molecule has 2 heterocycles. The van der Waals surface area contributed by atoms with Gasteiger partial charge in [0.2, 0.25) is 5.95 Å². The summed E-state index contributed by atoms with van der Waals surface area (Å²) in [5.74, 6) is 0.188. The maximum absolute atomic E-state index is 12.4. The standard InChI is InChI=1S/C29H55N6O6P.Na/c1-3-4-5-6-7-8-9-10-11-12-13-14-15-16-18-39-19-17-20-41-42(36,37)24-40-25(22-38-2)21-35-23-32-26-27(30)33-29(31)34-28(26)35;/h23,25H,3-22,24H2,1-2H3,(H,36,37)(H4,30,31,33,34);/q;+1/p-1/t25-;/m0./s1. The Balaban J connectivity index is 0.00000924. The zero-order chi connectivity index (χ0) is 30.5. The molecule has 0 saturated heterocycles. The number of anilines is 2. The fourth-order valence-corrected chi connectivity index (χ4v) is 5.65. The van der Waals surface area contributed by atoms with E-state index in [9.17, 15) is 9.46 Å². The van der Waals surface area contributed by atoms with E-state index in [-0.39, 0.29) is 61.1 Å². The first kappa shape index (κ1) is 40.2. The summed E-state index contributed by atoms with van der Waals surface area (Å²) in [4.78, 5) is 24.6. The van der Waals surface area contributed by atoms with Crippen LogP contribution in [0.15, 0.2) is 6.33 Å². The zero-order valence-electron chi connectivity index (χ0n) is 26.8. The van der Waals surface area contributed by atoms with Crippen LogP contribution >= 0.6 is 7.60 Å². The second-order valence-corrected chi connectivity index (χ2v) is 12.7. The Kier molecular flexibility index (Phi) is 22.8. The molecule has 2 rings (SSSR count). The molecule has 1 unspecified atom stereocenters. The van der Waals surface area contributed by atoms with E-state index < -0.39 is 20.0 Å². The van der Waals surface area contributed by atoms with Gasteiger partial charge in [-0.3, -0.25) is 0 Å². The SMILES string of the molecule is CCCCCCCCCCCCCCCCOCCCOP(=O)([O-])CO[C@H](COC)Cn1cnc2c(N)nc(N)nc21.[Na+]. The number of methoxy groups -OCH3 is 1. The van der Waals surface area contributed by atoms with Gasteiger partial charge in [0.1, 0.15) is 11.9 Å². The minimum absolute atomic E-state index is 0. The van der Waals surface area contributed by atoms with Gasteiger partial charge < -0.3 is 44.2 Å². The Morgan fingerprint density at radius 2 is 1.47 bits per heavy atom. The third-order valence-corrected chi connectivity index (χ3v) is 8.13. The second kappa shape index (κ2) is 24.4. The number of aromatic nitrogens is 4. The fraction of sp³-hybridized carbons (Fsp3) is 0.828. The van der Waals surface area contributed by atoms with Gasteiger partial charge in [-0.05, 0) is 12.8 Å². The number of hydrogen-bond donors (Lipinski definition) is 2. The van der Waals surface area contributed by atoms with E-state index in [0.717, 1.165) is 6.42 Å². The van der Waals surface area contributed by atoms with Crippen molar-refractivity contribution < 1.29 is 57.8 Å². The molecule has 0 fully saturated rings. The summed E-state index contributed by atoms with van der Waals surface area (Å²) >= 11 is 0. The van der Waals surface area contributed by atoms with Crippen molar-refractivity contribution in [3.63, 3.8) is 0 Å². The molecule has 2 aromatic heterocycles. The van der Waals surface area contributed by atoms with Crippen molar-refractivity contribution in [2.75, 3.05) is 51.4 Å². The molecule has 0 aliphatic heterocycles. The maximum atomic E-state index is 12.4. The van der Waals surface area contributed by atoms with E-state index in [0.29, 0.717) is 30.8 Å². The van der Waals surface area contributed by atoms with E-state index in [1.807, 2.05) is 0 Å². The van der Waals surface area contributed by atoms with Crippen LogP contribution in [0.4, 0.5) is 11.8 Å². The molecule has 14 heteroatoms. The molecule has 0 amide bonds. The Morgan fingerprint density at radius 1 is 0.884 bits per heavy atom. The van der Waals surface area contributed by atoms with Crippen molar-refractivity contribution in [3.8, 4) is 0 Å². The minimum Gasteiger partial charge on any atom is -0.777 e. The number of fused-ring (bicyclic) bond motifs is 1. The van der Waals surface area contributed by atoms with E-state index in [2.05, 4.69) is 21.9 Å². The molecule has 12 nitrogen and oxygen atoms in total. The first-order valence-corrected chi connectivity index (χ1v) is 17.5. The smallest absolute Gasteiger partial charge is 0.777 e. The summed E-state index contributed by atoms with van der Waals surface area (Å²) in [5.41, 5.74) is 12.4. The van der Waals surface area contributed by atoms with Crippen LogP contribution in [0.2, 0.25) is 0 Å². The van der Waals surface area contributed by atoms with Crippen LogP contribution in [0.25, 0.3) is 11.2 Å². The second-order valence-electron chi connectivity index (χ2n) is 10.9.